The van der Waals surface area contributed by atoms with E-state index < -0.39 is 59.8 Å². The lowest BCUT2D eigenvalue weighted by molar-refractivity contribution is -0.669. The van der Waals surface area contributed by atoms with Gasteiger partial charge in [0.2, 0.25) is 27.4 Å². The highest BCUT2D eigenvalue weighted by Gasteiger charge is 2.33. The molecule has 3 aromatic rings. The summed E-state index contributed by atoms with van der Waals surface area (Å²) in [7, 11) is -12.3. The van der Waals surface area contributed by atoms with Crippen molar-refractivity contribution in [1.82, 2.24) is 14.5 Å². The van der Waals surface area contributed by atoms with Crippen molar-refractivity contribution in [3.05, 3.63) is 75.8 Å². The molecule has 23 heteroatoms. The topological polar surface area (TPSA) is 252 Å². The van der Waals surface area contributed by atoms with Gasteiger partial charge in [0.05, 0.1) is 28.3 Å². The second-order valence-corrected chi connectivity index (χ2v) is 21.6. The summed E-state index contributed by atoms with van der Waals surface area (Å²) in [5.41, 5.74) is 3.08. The fourth-order valence-electron chi connectivity index (χ4n) is 6.73. The molecule has 3 N–H and O–H groups in total. The zero-order valence-corrected chi connectivity index (χ0v) is 39.8. The number of hydrogen-bond acceptors (Lipinski definition) is 15. The molecule has 65 heavy (non-hydrogen) atoms. The van der Waals surface area contributed by atoms with Crippen LogP contribution in [0.4, 0.5) is 5.69 Å². The first-order valence-corrected chi connectivity index (χ1v) is 26.8. The Balaban J connectivity index is 1.35. The molecule has 5 rings (SSSR count). The average molecular weight is 991 g/mol. The van der Waals surface area contributed by atoms with Crippen LogP contribution >= 0.6 is 23.1 Å². The number of amides is 4. The van der Waals surface area contributed by atoms with E-state index in [2.05, 4.69) is 10.5 Å². The number of imide groups is 1. The summed E-state index contributed by atoms with van der Waals surface area (Å²) in [4.78, 5) is 68.0. The van der Waals surface area contributed by atoms with E-state index in [0.29, 0.717) is 72.8 Å². The molecule has 1 aromatic heterocycles. The maximum Gasteiger partial charge on any atom is 0.333 e. The van der Waals surface area contributed by atoms with Crippen molar-refractivity contribution >= 4 is 105 Å². The normalized spacial score (nSPS) is 15.1. The first-order valence-electron chi connectivity index (χ1n) is 20.3. The molecule has 0 atom stereocenters. The second kappa shape index (κ2) is 22.2. The van der Waals surface area contributed by atoms with Crippen LogP contribution in [0.3, 0.4) is 0 Å². The van der Waals surface area contributed by atoms with E-state index in [-0.39, 0.29) is 37.0 Å². The van der Waals surface area contributed by atoms with E-state index in [0.717, 1.165) is 32.1 Å². The molecule has 0 spiro atoms. The standard InChI is InChI=1S/C42H47N5O13S5/c1-4-25-64(55,56)44-36(48)11-8-10-24-46-33-18-16-31(65(57,58)59)28-35(33)62-41(46)22-15-29(5-2)14-21-40-45(23-9-6-7-12-42(52)60-47-38(50)19-20-39(47)51)32-17-13-30(26-34(32)61-40)27-37(49)43-63(3,53)54/h13-18,21-22,26,28H,5-12,19-20,23-24,27H2,1-3H3,(H2-,43,44,48,49,57,58,59)/p+1. The fraction of sp³-hybridized carbons (Fsp3) is 0.381. The first kappa shape index (κ1) is 50.6. The van der Waals surface area contributed by atoms with Gasteiger partial charge in [-0.3, -0.25) is 28.5 Å². The summed E-state index contributed by atoms with van der Waals surface area (Å²) in [6.07, 6.45) is 11.6. The molecule has 1 fully saturated rings. The highest BCUT2D eigenvalue weighted by Crippen LogP contribution is 2.47. The van der Waals surface area contributed by atoms with Gasteiger partial charge in [0.25, 0.3) is 26.9 Å². The molecule has 0 aliphatic carbocycles. The van der Waals surface area contributed by atoms with Crippen molar-refractivity contribution in [3.63, 3.8) is 0 Å². The van der Waals surface area contributed by atoms with Crippen LogP contribution in [0.15, 0.2) is 75.0 Å². The van der Waals surface area contributed by atoms with E-state index >= 15 is 0 Å². The number of nitrogens with one attached hydrogen (secondary N) is 2. The zero-order chi connectivity index (χ0) is 47.5. The Labute approximate surface area is 386 Å². The number of aromatic nitrogens is 1. The lowest BCUT2D eigenvalue weighted by Crippen LogP contribution is -2.35. The number of fused-ring (bicyclic) bond motifs is 2. The number of rotatable bonds is 21. The number of hydroxylamine groups is 2. The van der Waals surface area contributed by atoms with Gasteiger partial charge < -0.3 is 9.74 Å². The monoisotopic (exact) mass is 990 g/mol. The number of carbonyl (C=O) groups excluding carboxylic acids is 5. The number of aryl methyl sites for hydroxylation is 1. The van der Waals surface area contributed by atoms with Crippen LogP contribution in [0.25, 0.3) is 16.3 Å². The van der Waals surface area contributed by atoms with Gasteiger partial charge in [-0.1, -0.05) is 54.2 Å². The summed E-state index contributed by atoms with van der Waals surface area (Å²) < 4.78 is 87.5. The molecule has 2 aromatic carbocycles. The summed E-state index contributed by atoms with van der Waals surface area (Å²) >= 11 is 2.76. The number of thiazole rings is 1. The number of carbonyl (C=O) groups is 5. The predicted molar refractivity (Wildman–Crippen MR) is 244 cm³/mol. The van der Waals surface area contributed by atoms with E-state index in [1.54, 1.807) is 12.1 Å². The van der Waals surface area contributed by atoms with Crippen LogP contribution in [0, 0.1) is 11.2 Å². The fourth-order valence-corrected chi connectivity index (χ4v) is 10.8. The van der Waals surface area contributed by atoms with Gasteiger partial charge in [-0.15, -0.1) is 5.06 Å². The Morgan fingerprint density at radius 1 is 0.923 bits per heavy atom. The van der Waals surface area contributed by atoms with Gasteiger partial charge in [-0.05, 0) is 80.5 Å². The van der Waals surface area contributed by atoms with Crippen molar-refractivity contribution < 1.29 is 63.2 Å². The van der Waals surface area contributed by atoms with E-state index in [1.165, 1.54) is 42.2 Å². The Bertz CT molecular complexity index is 2860. The third-order valence-corrected chi connectivity index (χ3v) is 14.4. The molecule has 18 nitrogen and oxygen atoms in total. The number of benzene rings is 2. The number of allylic oxidation sites excluding steroid dienone is 4. The number of hydrogen-bond donors (Lipinski definition) is 3. The summed E-state index contributed by atoms with van der Waals surface area (Å²) in [6.45, 7) is 4.26. The third-order valence-electron chi connectivity index (χ3n) is 9.73. The molecule has 0 bridgehead atoms. The highest BCUT2D eigenvalue weighted by molar-refractivity contribution is 8.03. The van der Waals surface area contributed by atoms with Crippen LogP contribution in [0.1, 0.15) is 88.6 Å². The van der Waals surface area contributed by atoms with Crippen LogP contribution in [-0.2, 0) is 71.9 Å². The van der Waals surface area contributed by atoms with Crippen molar-refractivity contribution in [2.75, 3.05) is 17.7 Å². The van der Waals surface area contributed by atoms with Gasteiger partial charge >= 0.3 is 16.0 Å². The zero-order valence-electron chi connectivity index (χ0n) is 35.7. The van der Waals surface area contributed by atoms with Crippen molar-refractivity contribution in [3.8, 4) is 11.2 Å². The molecule has 4 amide bonds. The molecular formula is C42H48N5O13S5+. The molecule has 0 unspecified atom stereocenters. The molecule has 3 heterocycles. The van der Waals surface area contributed by atoms with Crippen LogP contribution < -0.4 is 18.9 Å². The molecule has 2 aliphatic heterocycles. The Morgan fingerprint density at radius 3 is 2.32 bits per heavy atom. The van der Waals surface area contributed by atoms with E-state index in [4.69, 9.17) is 4.84 Å². The molecule has 0 saturated carbocycles. The Hall–Kier alpha value is -5.38. The lowest BCUT2D eigenvalue weighted by atomic mass is 10.1. The minimum Gasteiger partial charge on any atom is -0.335 e. The summed E-state index contributed by atoms with van der Waals surface area (Å²) in [5, 5.41) is 4.08. The van der Waals surface area contributed by atoms with Gasteiger partial charge in [-0.25, -0.2) is 17.9 Å². The molecule has 1 saturated heterocycles. The van der Waals surface area contributed by atoms with Crippen molar-refractivity contribution in [2.24, 2.45) is 0 Å². The molecule has 348 valence electrons. The van der Waals surface area contributed by atoms with Gasteiger partial charge in [0.1, 0.15) is 4.70 Å². The SMILES string of the molecule is CC#CS(=O)(=O)NC(=O)CCCCN1C(=CC=C(C=Cc2sc3cc(CC(=O)NS(C)(=O)=O)ccc3[n+]2CCCCCC(=O)ON2C(=O)CCC2=O)CC)Sc2cc(S(=O)(=O)O)ccc21. The number of nitrogens with zero attached hydrogens (tertiary/aromatic N) is 3. The first-order chi connectivity index (χ1) is 30.7. The van der Waals surface area contributed by atoms with Crippen molar-refractivity contribution in [1.29, 1.82) is 0 Å². The maximum absolute atomic E-state index is 12.4. The Morgan fingerprint density at radius 2 is 1.65 bits per heavy atom. The minimum absolute atomic E-state index is 0.00604. The van der Waals surface area contributed by atoms with E-state index in [9.17, 15) is 53.8 Å². The van der Waals surface area contributed by atoms with Crippen LogP contribution in [0.2, 0.25) is 0 Å². The molecule has 0 radical (unpaired) electrons. The lowest BCUT2D eigenvalue weighted by Gasteiger charge is -2.20. The minimum atomic E-state index is -4.48. The highest BCUT2D eigenvalue weighted by atomic mass is 32.2. The largest absolute Gasteiger partial charge is 0.335 e. The average Bonchev–Trinajstić information content (AvgIpc) is 3.85. The third kappa shape index (κ3) is 14.8. The summed E-state index contributed by atoms with van der Waals surface area (Å²) in [6, 6.07) is 9.73. The number of sulfonamides is 2. The predicted octanol–water partition coefficient (Wildman–Crippen LogP) is 4.62. The number of anilines is 1. The second-order valence-electron chi connectivity index (χ2n) is 14.9. The van der Waals surface area contributed by atoms with E-state index in [1.807, 2.05) is 63.0 Å². The van der Waals surface area contributed by atoms with Gasteiger partial charge in [0, 0.05) is 60.9 Å². The molecule has 2 aliphatic rings. The number of thioether (sulfide) groups is 1. The van der Waals surface area contributed by atoms with Crippen LogP contribution in [0.5, 0.6) is 0 Å². The smallest absolute Gasteiger partial charge is 0.333 e. The van der Waals surface area contributed by atoms with Gasteiger partial charge in [-0.2, -0.15) is 21.4 Å². The van der Waals surface area contributed by atoms with Crippen molar-refractivity contribution in [2.45, 2.75) is 101 Å². The maximum atomic E-state index is 12.4. The summed E-state index contributed by atoms with van der Waals surface area (Å²) in [5.74, 6) is -0.871. The number of unbranched alkanes of at least 4 members (excludes halogenated alkanes) is 3. The quantitative estimate of drug-likeness (QED) is 0.0329. The Kier molecular flexibility index (Phi) is 17.3. The molecular weight excluding hydrogens is 943 g/mol. The van der Waals surface area contributed by atoms with Crippen LogP contribution in [-0.4, -0.2) is 77.3 Å². The van der Waals surface area contributed by atoms with Gasteiger partial charge in [0.15, 0.2) is 6.54 Å².